The lowest BCUT2D eigenvalue weighted by molar-refractivity contribution is 0.195. The summed E-state index contributed by atoms with van der Waals surface area (Å²) in [7, 11) is 0. The third kappa shape index (κ3) is 1.89. The van der Waals surface area contributed by atoms with Crippen LogP contribution in [0.25, 0.3) is 0 Å². The van der Waals surface area contributed by atoms with E-state index in [1.807, 2.05) is 12.1 Å². The number of hydrogen-bond acceptors (Lipinski definition) is 1. The quantitative estimate of drug-likeness (QED) is 0.732. The summed E-state index contributed by atoms with van der Waals surface area (Å²) in [5.41, 5.74) is 1.61. The van der Waals surface area contributed by atoms with Crippen LogP contribution in [0, 0.1) is 11.2 Å². The molecule has 0 saturated carbocycles. The van der Waals surface area contributed by atoms with E-state index in [0.717, 1.165) is 19.5 Å². The second-order valence-electron chi connectivity index (χ2n) is 4.22. The number of hydrogen-bond donors (Lipinski definition) is 1. The molecule has 1 fully saturated rings. The molecule has 13 heavy (non-hydrogen) atoms. The van der Waals surface area contributed by atoms with Crippen molar-refractivity contribution in [2.75, 3.05) is 13.1 Å². The Hall–Kier alpha value is -0.890. The topological polar surface area (TPSA) is 12.0 Å². The van der Waals surface area contributed by atoms with Gasteiger partial charge in [0.15, 0.2) is 0 Å². The van der Waals surface area contributed by atoms with Gasteiger partial charge < -0.3 is 5.32 Å². The lowest BCUT2D eigenvalue weighted by atomic mass is 9.78. The summed E-state index contributed by atoms with van der Waals surface area (Å²) >= 11 is 0. The van der Waals surface area contributed by atoms with E-state index < -0.39 is 0 Å². The Kier molecular flexibility index (Phi) is 2.08. The van der Waals surface area contributed by atoms with Crippen molar-refractivity contribution in [3.8, 4) is 0 Å². The SMILES string of the molecule is CC1(Cc2ccc(F)cc2)CNC1. The van der Waals surface area contributed by atoms with E-state index in [2.05, 4.69) is 12.2 Å². The van der Waals surface area contributed by atoms with Gasteiger partial charge in [-0.15, -0.1) is 0 Å². The van der Waals surface area contributed by atoms with E-state index in [1.165, 1.54) is 17.7 Å². The first kappa shape index (κ1) is 8.70. The van der Waals surface area contributed by atoms with E-state index in [9.17, 15) is 4.39 Å². The van der Waals surface area contributed by atoms with E-state index >= 15 is 0 Å². The summed E-state index contributed by atoms with van der Waals surface area (Å²) < 4.78 is 12.6. The molecule has 1 aromatic rings. The van der Waals surface area contributed by atoms with Crippen LogP contribution in [0.3, 0.4) is 0 Å². The molecule has 0 bridgehead atoms. The highest BCUT2D eigenvalue weighted by Gasteiger charge is 2.31. The third-order valence-corrected chi connectivity index (χ3v) is 2.65. The maximum absolute atomic E-state index is 12.6. The normalized spacial score (nSPS) is 19.5. The Bertz CT molecular complexity index is 287. The van der Waals surface area contributed by atoms with Crippen molar-refractivity contribution in [1.82, 2.24) is 5.32 Å². The van der Waals surface area contributed by atoms with E-state index in [-0.39, 0.29) is 5.82 Å². The van der Waals surface area contributed by atoms with Crippen molar-refractivity contribution in [2.45, 2.75) is 13.3 Å². The predicted molar refractivity (Wildman–Crippen MR) is 51.1 cm³/mol. The second-order valence-corrected chi connectivity index (χ2v) is 4.22. The average molecular weight is 179 g/mol. The lowest BCUT2D eigenvalue weighted by Gasteiger charge is -2.39. The van der Waals surface area contributed by atoms with Crippen LogP contribution in [0.2, 0.25) is 0 Å². The minimum atomic E-state index is -0.152. The summed E-state index contributed by atoms with van der Waals surface area (Å²) in [4.78, 5) is 0. The first-order chi connectivity index (χ1) is 6.18. The van der Waals surface area contributed by atoms with Crippen LogP contribution >= 0.6 is 0 Å². The molecular weight excluding hydrogens is 165 g/mol. The van der Waals surface area contributed by atoms with Gasteiger partial charge in [-0.1, -0.05) is 19.1 Å². The van der Waals surface area contributed by atoms with Gasteiger partial charge in [0, 0.05) is 13.1 Å². The summed E-state index contributed by atoms with van der Waals surface area (Å²) in [6.45, 7) is 4.40. The fourth-order valence-electron chi connectivity index (χ4n) is 1.77. The number of nitrogens with one attached hydrogen (secondary N) is 1. The Balaban J connectivity index is 2.05. The van der Waals surface area contributed by atoms with E-state index in [4.69, 9.17) is 0 Å². The largest absolute Gasteiger partial charge is 0.316 e. The first-order valence-electron chi connectivity index (χ1n) is 4.63. The molecular formula is C11H14FN. The van der Waals surface area contributed by atoms with Crippen molar-refractivity contribution < 1.29 is 4.39 Å². The second kappa shape index (κ2) is 3.11. The van der Waals surface area contributed by atoms with E-state index in [1.54, 1.807) is 0 Å². The number of halogens is 1. The molecule has 1 aromatic carbocycles. The van der Waals surface area contributed by atoms with Crippen molar-refractivity contribution in [2.24, 2.45) is 5.41 Å². The zero-order chi connectivity index (χ0) is 9.31. The van der Waals surface area contributed by atoms with Crippen LogP contribution < -0.4 is 5.32 Å². The summed E-state index contributed by atoms with van der Waals surface area (Å²) in [6.07, 6.45) is 1.04. The Morgan fingerprint density at radius 1 is 1.31 bits per heavy atom. The first-order valence-corrected chi connectivity index (χ1v) is 4.63. The molecule has 1 aliphatic rings. The third-order valence-electron chi connectivity index (χ3n) is 2.65. The maximum Gasteiger partial charge on any atom is 0.123 e. The molecule has 0 amide bonds. The molecule has 1 aliphatic heterocycles. The fraction of sp³-hybridized carbons (Fsp3) is 0.455. The molecule has 0 radical (unpaired) electrons. The number of rotatable bonds is 2. The fourth-order valence-corrected chi connectivity index (χ4v) is 1.77. The monoisotopic (exact) mass is 179 g/mol. The Morgan fingerprint density at radius 2 is 1.92 bits per heavy atom. The molecule has 0 atom stereocenters. The van der Waals surface area contributed by atoms with Gasteiger partial charge in [-0.2, -0.15) is 0 Å². The Labute approximate surface area is 78.0 Å². The zero-order valence-electron chi connectivity index (χ0n) is 7.81. The van der Waals surface area contributed by atoms with Gasteiger partial charge in [0.2, 0.25) is 0 Å². The molecule has 1 N–H and O–H groups in total. The average Bonchev–Trinajstić information content (AvgIpc) is 2.06. The van der Waals surface area contributed by atoms with Gasteiger partial charge in [0.1, 0.15) is 5.82 Å². The van der Waals surface area contributed by atoms with Crippen molar-refractivity contribution in [3.63, 3.8) is 0 Å². The highest BCUT2D eigenvalue weighted by atomic mass is 19.1. The van der Waals surface area contributed by atoms with Gasteiger partial charge in [0.25, 0.3) is 0 Å². The van der Waals surface area contributed by atoms with Crippen LogP contribution in [-0.4, -0.2) is 13.1 Å². The van der Waals surface area contributed by atoms with Crippen LogP contribution in [0.1, 0.15) is 12.5 Å². The molecule has 0 aliphatic carbocycles. The molecule has 1 heterocycles. The highest BCUT2D eigenvalue weighted by Crippen LogP contribution is 2.26. The minimum absolute atomic E-state index is 0.152. The summed E-state index contributed by atoms with van der Waals surface area (Å²) in [5, 5.41) is 3.26. The van der Waals surface area contributed by atoms with Crippen LogP contribution in [-0.2, 0) is 6.42 Å². The molecule has 1 nitrogen and oxygen atoms in total. The van der Waals surface area contributed by atoms with Crippen LogP contribution in [0.4, 0.5) is 4.39 Å². The van der Waals surface area contributed by atoms with Gasteiger partial charge in [-0.05, 0) is 29.5 Å². The van der Waals surface area contributed by atoms with Crippen molar-refractivity contribution in [3.05, 3.63) is 35.6 Å². The predicted octanol–water partition coefficient (Wildman–Crippen LogP) is 1.98. The van der Waals surface area contributed by atoms with Gasteiger partial charge in [-0.3, -0.25) is 0 Å². The molecule has 2 rings (SSSR count). The molecule has 0 unspecified atom stereocenters. The standard InChI is InChI=1S/C11H14FN/c1-11(7-13-8-11)6-9-2-4-10(12)5-3-9/h2-5,13H,6-8H2,1H3. The van der Waals surface area contributed by atoms with Gasteiger partial charge in [0.05, 0.1) is 0 Å². The van der Waals surface area contributed by atoms with Crippen molar-refractivity contribution >= 4 is 0 Å². The maximum atomic E-state index is 12.6. The van der Waals surface area contributed by atoms with Gasteiger partial charge >= 0.3 is 0 Å². The van der Waals surface area contributed by atoms with Gasteiger partial charge in [-0.25, -0.2) is 4.39 Å². The van der Waals surface area contributed by atoms with E-state index in [0.29, 0.717) is 5.41 Å². The number of benzene rings is 1. The molecule has 0 aromatic heterocycles. The highest BCUT2D eigenvalue weighted by molar-refractivity contribution is 5.18. The lowest BCUT2D eigenvalue weighted by Crippen LogP contribution is -2.52. The smallest absolute Gasteiger partial charge is 0.123 e. The van der Waals surface area contributed by atoms with Crippen LogP contribution in [0.5, 0.6) is 0 Å². The summed E-state index contributed by atoms with van der Waals surface area (Å²) in [6, 6.07) is 6.81. The van der Waals surface area contributed by atoms with Crippen LogP contribution in [0.15, 0.2) is 24.3 Å². The molecule has 1 saturated heterocycles. The summed E-state index contributed by atoms with van der Waals surface area (Å²) in [5.74, 6) is -0.152. The molecule has 70 valence electrons. The Morgan fingerprint density at radius 3 is 2.38 bits per heavy atom. The molecule has 0 spiro atoms. The minimum Gasteiger partial charge on any atom is -0.316 e. The zero-order valence-corrected chi connectivity index (χ0v) is 7.81. The van der Waals surface area contributed by atoms with Crippen molar-refractivity contribution in [1.29, 1.82) is 0 Å². The molecule has 2 heteroatoms.